The molecule has 2 heteroatoms. The molecule has 1 heterocycles. The molecule has 1 aromatic carbocycles. The second kappa shape index (κ2) is 5.17. The third-order valence-corrected chi connectivity index (χ3v) is 5.73. The maximum atomic E-state index is 6.04. The Balaban J connectivity index is 1.65. The van der Waals surface area contributed by atoms with Gasteiger partial charge in [-0.05, 0) is 67.4 Å². The number of aromatic nitrogens is 1. The number of hydrogen-bond acceptors (Lipinski definition) is 1. The van der Waals surface area contributed by atoms with E-state index in [0.29, 0.717) is 0 Å². The highest BCUT2D eigenvalue weighted by atomic mass is 15.0. The van der Waals surface area contributed by atoms with Gasteiger partial charge in [0.1, 0.15) is 0 Å². The number of nitrogens with two attached hydrogens (primary N) is 1. The minimum Gasteiger partial charge on any atom is -0.347 e. The standard InChI is InChI=1S/C19H26N2/c1-13(20)9-17-4-2-3-15-7-8-21(19(15)17)12-18-11-14-5-6-16(18)10-14/h2-4,7-8,13-14,16,18H,5-6,9-12,20H2,1H3. The van der Waals surface area contributed by atoms with Gasteiger partial charge in [0.15, 0.2) is 0 Å². The van der Waals surface area contributed by atoms with Gasteiger partial charge in [-0.2, -0.15) is 0 Å². The summed E-state index contributed by atoms with van der Waals surface area (Å²) in [5.41, 5.74) is 8.88. The Morgan fingerprint density at radius 1 is 1.24 bits per heavy atom. The van der Waals surface area contributed by atoms with Crippen molar-refractivity contribution in [2.75, 3.05) is 0 Å². The molecular formula is C19H26N2. The molecule has 4 rings (SSSR count). The maximum Gasteiger partial charge on any atom is 0.0513 e. The van der Waals surface area contributed by atoms with E-state index in [0.717, 1.165) is 24.2 Å². The van der Waals surface area contributed by atoms with Crippen LogP contribution in [0.15, 0.2) is 30.5 Å². The van der Waals surface area contributed by atoms with Crippen molar-refractivity contribution in [2.45, 2.75) is 51.6 Å². The van der Waals surface area contributed by atoms with Gasteiger partial charge in [-0.1, -0.05) is 24.6 Å². The first-order valence-electron chi connectivity index (χ1n) is 8.53. The summed E-state index contributed by atoms with van der Waals surface area (Å²) in [6.45, 7) is 3.31. The molecule has 2 nitrogen and oxygen atoms in total. The second-order valence-corrected chi connectivity index (χ2v) is 7.44. The fourth-order valence-electron chi connectivity index (χ4n) is 4.86. The number of nitrogens with zero attached hydrogens (tertiary/aromatic N) is 1. The highest BCUT2D eigenvalue weighted by molar-refractivity contribution is 5.83. The molecule has 2 fully saturated rings. The first-order valence-corrected chi connectivity index (χ1v) is 8.53. The van der Waals surface area contributed by atoms with Crippen molar-refractivity contribution in [1.29, 1.82) is 0 Å². The van der Waals surface area contributed by atoms with Crippen molar-refractivity contribution < 1.29 is 0 Å². The van der Waals surface area contributed by atoms with Crippen molar-refractivity contribution in [3.05, 3.63) is 36.0 Å². The van der Waals surface area contributed by atoms with Crippen LogP contribution < -0.4 is 5.73 Å². The van der Waals surface area contributed by atoms with Crippen LogP contribution in [0.3, 0.4) is 0 Å². The van der Waals surface area contributed by atoms with E-state index < -0.39 is 0 Å². The zero-order valence-corrected chi connectivity index (χ0v) is 13.0. The summed E-state index contributed by atoms with van der Waals surface area (Å²) in [6, 6.07) is 9.15. The molecular weight excluding hydrogens is 256 g/mol. The van der Waals surface area contributed by atoms with Gasteiger partial charge >= 0.3 is 0 Å². The molecule has 2 bridgehead atoms. The van der Waals surface area contributed by atoms with E-state index in [1.54, 1.807) is 0 Å². The van der Waals surface area contributed by atoms with E-state index in [2.05, 4.69) is 42.0 Å². The van der Waals surface area contributed by atoms with Crippen LogP contribution in [0.4, 0.5) is 0 Å². The van der Waals surface area contributed by atoms with Crippen molar-refractivity contribution >= 4 is 10.9 Å². The lowest BCUT2D eigenvalue weighted by molar-refractivity contribution is 0.299. The molecule has 112 valence electrons. The summed E-state index contributed by atoms with van der Waals surface area (Å²) in [4.78, 5) is 0. The third-order valence-electron chi connectivity index (χ3n) is 5.73. The Labute approximate surface area is 127 Å². The second-order valence-electron chi connectivity index (χ2n) is 7.44. The van der Waals surface area contributed by atoms with Crippen molar-refractivity contribution in [3.63, 3.8) is 0 Å². The summed E-state index contributed by atoms with van der Waals surface area (Å²) in [5, 5.41) is 1.37. The molecule has 2 aliphatic rings. The molecule has 2 N–H and O–H groups in total. The molecule has 0 amide bonds. The van der Waals surface area contributed by atoms with Crippen LogP contribution in [0.1, 0.15) is 38.2 Å². The average Bonchev–Trinajstić information content (AvgIpc) is 3.14. The van der Waals surface area contributed by atoms with Crippen molar-refractivity contribution in [1.82, 2.24) is 4.57 Å². The topological polar surface area (TPSA) is 30.9 Å². The van der Waals surface area contributed by atoms with Crippen LogP contribution in [-0.4, -0.2) is 10.6 Å². The number of hydrogen-bond donors (Lipinski definition) is 1. The molecule has 4 atom stereocenters. The zero-order chi connectivity index (χ0) is 14.4. The molecule has 0 spiro atoms. The SMILES string of the molecule is CC(N)Cc1cccc2ccn(CC3CC4CCC3C4)c12. The summed E-state index contributed by atoms with van der Waals surface area (Å²) in [7, 11) is 0. The number of benzene rings is 1. The van der Waals surface area contributed by atoms with Crippen LogP contribution in [0, 0.1) is 17.8 Å². The smallest absolute Gasteiger partial charge is 0.0513 e. The van der Waals surface area contributed by atoms with Crippen LogP contribution in [-0.2, 0) is 13.0 Å². The van der Waals surface area contributed by atoms with Crippen LogP contribution in [0.25, 0.3) is 10.9 Å². The van der Waals surface area contributed by atoms with Gasteiger partial charge in [-0.3, -0.25) is 0 Å². The number of rotatable bonds is 4. The van der Waals surface area contributed by atoms with Gasteiger partial charge < -0.3 is 10.3 Å². The zero-order valence-electron chi connectivity index (χ0n) is 13.0. The van der Waals surface area contributed by atoms with E-state index in [1.165, 1.54) is 48.7 Å². The van der Waals surface area contributed by atoms with E-state index in [4.69, 9.17) is 5.73 Å². The minimum atomic E-state index is 0.224. The van der Waals surface area contributed by atoms with Crippen LogP contribution in [0.2, 0.25) is 0 Å². The Morgan fingerprint density at radius 3 is 2.86 bits per heavy atom. The summed E-state index contributed by atoms with van der Waals surface area (Å²) >= 11 is 0. The summed E-state index contributed by atoms with van der Waals surface area (Å²) in [6.07, 6.45) is 9.18. The highest BCUT2D eigenvalue weighted by Crippen LogP contribution is 2.49. The molecule has 0 aliphatic heterocycles. The van der Waals surface area contributed by atoms with Crippen LogP contribution >= 0.6 is 0 Å². The van der Waals surface area contributed by atoms with Gasteiger partial charge in [-0.15, -0.1) is 0 Å². The molecule has 4 unspecified atom stereocenters. The van der Waals surface area contributed by atoms with Crippen molar-refractivity contribution in [2.24, 2.45) is 23.5 Å². The normalized spacial score (nSPS) is 29.3. The molecule has 0 saturated heterocycles. The van der Waals surface area contributed by atoms with Crippen molar-refractivity contribution in [3.8, 4) is 0 Å². The molecule has 2 saturated carbocycles. The summed E-state index contributed by atoms with van der Waals surface area (Å²) in [5.74, 6) is 2.93. The predicted molar refractivity (Wildman–Crippen MR) is 88.2 cm³/mol. The molecule has 0 radical (unpaired) electrons. The summed E-state index contributed by atoms with van der Waals surface area (Å²) < 4.78 is 2.51. The van der Waals surface area contributed by atoms with Gasteiger partial charge in [0.2, 0.25) is 0 Å². The van der Waals surface area contributed by atoms with Crippen LogP contribution in [0.5, 0.6) is 0 Å². The quantitative estimate of drug-likeness (QED) is 0.904. The lowest BCUT2D eigenvalue weighted by Gasteiger charge is -2.23. The highest BCUT2D eigenvalue weighted by Gasteiger charge is 2.39. The minimum absolute atomic E-state index is 0.224. The van der Waals surface area contributed by atoms with Gasteiger partial charge in [0.05, 0.1) is 5.52 Å². The van der Waals surface area contributed by atoms with Gasteiger partial charge in [0.25, 0.3) is 0 Å². The number of para-hydroxylation sites is 1. The van der Waals surface area contributed by atoms with Gasteiger partial charge in [-0.25, -0.2) is 0 Å². The Hall–Kier alpha value is -1.28. The van der Waals surface area contributed by atoms with E-state index in [9.17, 15) is 0 Å². The van der Waals surface area contributed by atoms with E-state index in [1.807, 2.05) is 0 Å². The third kappa shape index (κ3) is 2.40. The Morgan fingerprint density at radius 2 is 2.14 bits per heavy atom. The first kappa shape index (κ1) is 13.4. The number of fused-ring (bicyclic) bond motifs is 3. The van der Waals surface area contributed by atoms with E-state index >= 15 is 0 Å². The fraction of sp³-hybridized carbons (Fsp3) is 0.579. The first-order chi connectivity index (χ1) is 10.2. The molecule has 2 aliphatic carbocycles. The largest absolute Gasteiger partial charge is 0.347 e. The maximum absolute atomic E-state index is 6.04. The Bertz CT molecular complexity index is 640. The monoisotopic (exact) mass is 282 g/mol. The lowest BCUT2D eigenvalue weighted by atomic mass is 9.89. The fourth-order valence-corrected chi connectivity index (χ4v) is 4.86. The average molecular weight is 282 g/mol. The molecule has 1 aromatic heterocycles. The van der Waals surface area contributed by atoms with Gasteiger partial charge in [0, 0.05) is 18.8 Å². The Kier molecular flexibility index (Phi) is 3.30. The molecule has 21 heavy (non-hydrogen) atoms. The predicted octanol–water partition coefficient (Wildman–Crippen LogP) is 3.97. The molecule has 2 aromatic rings. The van der Waals surface area contributed by atoms with E-state index in [-0.39, 0.29) is 6.04 Å². The lowest BCUT2D eigenvalue weighted by Crippen LogP contribution is -2.19.